The van der Waals surface area contributed by atoms with E-state index in [1.54, 1.807) is 0 Å². The van der Waals surface area contributed by atoms with Crippen LogP contribution in [-0.4, -0.2) is 4.98 Å². The van der Waals surface area contributed by atoms with E-state index in [0.717, 1.165) is 19.3 Å². The molecule has 4 rings (SSSR count). The fourth-order valence-corrected chi connectivity index (χ4v) is 4.53. The Bertz CT molecular complexity index is 441. The number of hydrogen-bond donors (Lipinski definition) is 0. The Hall–Kier alpha value is -0.580. The van der Waals surface area contributed by atoms with Crippen LogP contribution in [0.1, 0.15) is 41.8 Å². The standard InChI is InChI=1S/C11H12F3NS/c1-6-7(11(12,13)14)15-8(16-6)10-3-9(2,4-10)5-10/h3-5H2,1-2H3. The maximum absolute atomic E-state index is 12.6. The normalized spacial score (nSPS) is 36.8. The number of hydrogen-bond acceptors (Lipinski definition) is 2. The molecule has 3 saturated carbocycles. The second-order valence-electron chi connectivity index (χ2n) is 5.54. The van der Waals surface area contributed by atoms with Crippen molar-refractivity contribution < 1.29 is 13.2 Å². The monoisotopic (exact) mass is 247 g/mol. The Kier molecular flexibility index (Phi) is 1.74. The van der Waals surface area contributed by atoms with Crippen molar-refractivity contribution in [2.75, 3.05) is 0 Å². The number of alkyl halides is 3. The quantitative estimate of drug-likeness (QED) is 0.733. The van der Waals surface area contributed by atoms with Crippen molar-refractivity contribution in [3.05, 3.63) is 15.6 Å². The topological polar surface area (TPSA) is 12.9 Å². The van der Waals surface area contributed by atoms with E-state index in [4.69, 9.17) is 0 Å². The fraction of sp³-hybridized carbons (Fsp3) is 0.727. The molecule has 0 radical (unpaired) electrons. The van der Waals surface area contributed by atoms with Crippen molar-refractivity contribution in [1.29, 1.82) is 0 Å². The van der Waals surface area contributed by atoms with E-state index < -0.39 is 11.9 Å². The van der Waals surface area contributed by atoms with E-state index in [1.807, 2.05) is 0 Å². The Morgan fingerprint density at radius 3 is 2.19 bits per heavy atom. The zero-order chi connectivity index (χ0) is 11.8. The van der Waals surface area contributed by atoms with Crippen LogP contribution in [0.25, 0.3) is 0 Å². The lowest BCUT2D eigenvalue weighted by atomic mass is 9.36. The fourth-order valence-electron chi connectivity index (χ4n) is 3.41. The Labute approximate surface area is 95.7 Å². The van der Waals surface area contributed by atoms with Gasteiger partial charge in [0.15, 0.2) is 5.69 Å². The van der Waals surface area contributed by atoms with Gasteiger partial charge in [0, 0.05) is 10.3 Å². The van der Waals surface area contributed by atoms with Gasteiger partial charge in [-0.1, -0.05) is 6.92 Å². The number of nitrogens with zero attached hydrogens (tertiary/aromatic N) is 1. The van der Waals surface area contributed by atoms with Gasteiger partial charge in [0.25, 0.3) is 0 Å². The van der Waals surface area contributed by atoms with Gasteiger partial charge in [0.2, 0.25) is 0 Å². The van der Waals surface area contributed by atoms with Gasteiger partial charge >= 0.3 is 6.18 Å². The molecule has 0 N–H and O–H groups in total. The summed E-state index contributed by atoms with van der Waals surface area (Å²) in [5.41, 5.74) is -0.270. The summed E-state index contributed by atoms with van der Waals surface area (Å²) >= 11 is 1.23. The van der Waals surface area contributed by atoms with Crippen molar-refractivity contribution in [2.24, 2.45) is 5.41 Å². The van der Waals surface area contributed by atoms with Gasteiger partial charge in [0.05, 0.1) is 5.01 Å². The molecule has 0 spiro atoms. The van der Waals surface area contributed by atoms with E-state index in [1.165, 1.54) is 18.3 Å². The highest BCUT2D eigenvalue weighted by molar-refractivity contribution is 7.11. The molecule has 0 amide bonds. The van der Waals surface area contributed by atoms with Crippen LogP contribution in [0.5, 0.6) is 0 Å². The molecule has 88 valence electrons. The molecule has 0 aliphatic heterocycles. The lowest BCUT2D eigenvalue weighted by Gasteiger charge is -2.68. The van der Waals surface area contributed by atoms with E-state index in [-0.39, 0.29) is 5.41 Å². The molecule has 1 aromatic rings. The second kappa shape index (κ2) is 2.63. The van der Waals surface area contributed by atoms with Crippen LogP contribution < -0.4 is 0 Å². The Balaban J connectivity index is 1.94. The van der Waals surface area contributed by atoms with Crippen molar-refractivity contribution in [2.45, 2.75) is 44.7 Å². The number of aryl methyl sites for hydroxylation is 1. The molecule has 1 nitrogen and oxygen atoms in total. The lowest BCUT2D eigenvalue weighted by molar-refractivity contribution is -0.143. The second-order valence-corrected chi connectivity index (χ2v) is 6.75. The van der Waals surface area contributed by atoms with Gasteiger partial charge in [-0.05, 0) is 31.6 Å². The van der Waals surface area contributed by atoms with Crippen LogP contribution in [-0.2, 0) is 11.6 Å². The van der Waals surface area contributed by atoms with Crippen molar-refractivity contribution in [3.63, 3.8) is 0 Å². The number of thiazole rings is 1. The van der Waals surface area contributed by atoms with Gasteiger partial charge in [-0.3, -0.25) is 0 Å². The molecule has 0 saturated heterocycles. The zero-order valence-electron chi connectivity index (χ0n) is 9.11. The highest BCUT2D eigenvalue weighted by Gasteiger charge is 2.67. The third-order valence-corrected chi connectivity index (χ3v) is 5.03. The largest absolute Gasteiger partial charge is 0.434 e. The molecular weight excluding hydrogens is 235 g/mol. The molecule has 3 fully saturated rings. The molecule has 1 aromatic heterocycles. The van der Waals surface area contributed by atoms with E-state index in [0.29, 0.717) is 15.3 Å². The van der Waals surface area contributed by atoms with Gasteiger partial charge in [0.1, 0.15) is 0 Å². The summed E-state index contributed by atoms with van der Waals surface area (Å²) in [4.78, 5) is 4.14. The molecule has 3 aliphatic rings. The average molecular weight is 247 g/mol. The predicted octanol–water partition coefficient (Wildman–Crippen LogP) is 3.91. The summed E-state index contributed by atoms with van der Waals surface area (Å²) < 4.78 is 37.8. The van der Waals surface area contributed by atoms with Gasteiger partial charge in [-0.25, -0.2) is 4.98 Å². The summed E-state index contributed by atoms with van der Waals surface area (Å²) in [5, 5.41) is 0.709. The maximum Gasteiger partial charge on any atom is 0.434 e. The summed E-state index contributed by atoms with van der Waals surface area (Å²) in [6.07, 6.45) is -1.25. The van der Waals surface area contributed by atoms with Crippen LogP contribution in [0, 0.1) is 12.3 Å². The highest BCUT2D eigenvalue weighted by Crippen LogP contribution is 2.73. The smallest absolute Gasteiger partial charge is 0.236 e. The van der Waals surface area contributed by atoms with E-state index in [2.05, 4.69) is 11.9 Å². The first-order valence-electron chi connectivity index (χ1n) is 5.29. The number of halogens is 3. The maximum atomic E-state index is 12.6. The van der Waals surface area contributed by atoms with E-state index >= 15 is 0 Å². The summed E-state index contributed by atoms with van der Waals surface area (Å²) in [6, 6.07) is 0. The van der Waals surface area contributed by atoms with Gasteiger partial charge in [-0.15, -0.1) is 11.3 Å². The lowest BCUT2D eigenvalue weighted by Crippen LogP contribution is -2.62. The van der Waals surface area contributed by atoms with Crippen LogP contribution in [0.15, 0.2) is 0 Å². The molecular formula is C11H12F3NS. The first-order chi connectivity index (χ1) is 7.24. The molecule has 0 atom stereocenters. The molecule has 3 aliphatic carbocycles. The minimum absolute atomic E-state index is 0.00762. The summed E-state index contributed by atoms with van der Waals surface area (Å²) in [6.45, 7) is 3.71. The molecule has 0 unspecified atom stereocenters. The first kappa shape index (κ1) is 10.6. The van der Waals surface area contributed by atoms with Crippen LogP contribution >= 0.6 is 11.3 Å². The van der Waals surface area contributed by atoms with Gasteiger partial charge in [-0.2, -0.15) is 13.2 Å². The van der Waals surface area contributed by atoms with Gasteiger partial charge < -0.3 is 0 Å². The molecule has 5 heteroatoms. The number of aromatic nitrogens is 1. The highest BCUT2D eigenvalue weighted by atomic mass is 32.1. The van der Waals surface area contributed by atoms with Crippen molar-refractivity contribution >= 4 is 11.3 Å². The molecule has 2 bridgehead atoms. The third kappa shape index (κ3) is 1.21. The molecule has 0 aromatic carbocycles. The molecule has 16 heavy (non-hydrogen) atoms. The SMILES string of the molecule is Cc1sc(C23CC(C)(C2)C3)nc1C(F)(F)F. The van der Waals surface area contributed by atoms with Crippen molar-refractivity contribution in [1.82, 2.24) is 4.98 Å². The molecule has 1 heterocycles. The number of rotatable bonds is 1. The zero-order valence-corrected chi connectivity index (χ0v) is 9.93. The van der Waals surface area contributed by atoms with Crippen LogP contribution in [0.2, 0.25) is 0 Å². The third-order valence-electron chi connectivity index (χ3n) is 3.81. The van der Waals surface area contributed by atoms with Crippen LogP contribution in [0.3, 0.4) is 0 Å². The minimum Gasteiger partial charge on any atom is -0.236 e. The minimum atomic E-state index is -4.30. The predicted molar refractivity (Wildman–Crippen MR) is 55.5 cm³/mol. The average Bonchev–Trinajstić information content (AvgIpc) is 2.38. The van der Waals surface area contributed by atoms with Crippen molar-refractivity contribution in [3.8, 4) is 0 Å². The Morgan fingerprint density at radius 1 is 1.25 bits per heavy atom. The van der Waals surface area contributed by atoms with E-state index in [9.17, 15) is 13.2 Å². The summed E-state index contributed by atoms with van der Waals surface area (Å²) in [7, 11) is 0. The Morgan fingerprint density at radius 2 is 1.81 bits per heavy atom. The summed E-state index contributed by atoms with van der Waals surface area (Å²) in [5.74, 6) is 0. The van der Waals surface area contributed by atoms with Crippen LogP contribution in [0.4, 0.5) is 13.2 Å². The first-order valence-corrected chi connectivity index (χ1v) is 6.11.